The first-order valence-corrected chi connectivity index (χ1v) is 13.3. The molecule has 2 atom stereocenters. The predicted molar refractivity (Wildman–Crippen MR) is 137 cm³/mol. The molecule has 2 unspecified atom stereocenters. The predicted octanol–water partition coefficient (Wildman–Crippen LogP) is 4.45. The van der Waals surface area contributed by atoms with Gasteiger partial charge in [-0.3, -0.25) is 14.4 Å². The number of sulfonamides is 1. The van der Waals surface area contributed by atoms with E-state index in [0.717, 1.165) is 19.5 Å². The molecule has 1 aliphatic rings. The lowest BCUT2D eigenvalue weighted by molar-refractivity contribution is 0.0936. The first-order valence-electron chi connectivity index (χ1n) is 11.8. The number of ether oxygens (including phenoxy) is 1. The van der Waals surface area contributed by atoms with Crippen LogP contribution in [-0.2, 0) is 10.0 Å². The maximum atomic E-state index is 12.9. The van der Waals surface area contributed by atoms with E-state index >= 15 is 0 Å². The van der Waals surface area contributed by atoms with Crippen LogP contribution in [0, 0.1) is 0 Å². The fraction of sp³-hybridized carbons (Fsp3) is 0.296. The van der Waals surface area contributed by atoms with Crippen molar-refractivity contribution in [3.8, 4) is 5.75 Å². The number of hydrogen-bond acceptors (Lipinski definition) is 5. The van der Waals surface area contributed by atoms with Crippen LogP contribution in [0.1, 0.15) is 42.2 Å². The zero-order valence-electron chi connectivity index (χ0n) is 20.0. The highest BCUT2D eigenvalue weighted by molar-refractivity contribution is 7.92. The summed E-state index contributed by atoms with van der Waals surface area (Å²) in [5.41, 5.74) is 1.98. The van der Waals surface area contributed by atoms with Crippen LogP contribution in [0.15, 0.2) is 83.8 Å². The molecule has 0 radical (unpaired) electrons. The third kappa shape index (κ3) is 6.21. The number of nitrogens with zero attached hydrogens (tertiary/aromatic N) is 1. The summed E-state index contributed by atoms with van der Waals surface area (Å²) in [6.45, 7) is 6.23. The Balaban J connectivity index is 1.38. The van der Waals surface area contributed by atoms with E-state index in [1.165, 1.54) is 17.7 Å². The van der Waals surface area contributed by atoms with Crippen LogP contribution in [0.3, 0.4) is 0 Å². The van der Waals surface area contributed by atoms with E-state index in [2.05, 4.69) is 34.0 Å². The van der Waals surface area contributed by atoms with Gasteiger partial charge in [-0.1, -0.05) is 36.4 Å². The zero-order chi connectivity index (χ0) is 24.8. The van der Waals surface area contributed by atoms with Gasteiger partial charge in [-0.25, -0.2) is 8.42 Å². The monoisotopic (exact) mass is 493 g/mol. The van der Waals surface area contributed by atoms with Crippen LogP contribution in [0.2, 0.25) is 0 Å². The second-order valence-electron chi connectivity index (χ2n) is 8.63. The molecule has 1 heterocycles. The number of hydrogen-bond donors (Lipinski definition) is 2. The highest BCUT2D eigenvalue weighted by atomic mass is 32.2. The van der Waals surface area contributed by atoms with Gasteiger partial charge in [0.15, 0.2) is 0 Å². The standard InChI is InChI=1S/C27H31N3O4S/c1-3-34-25-14-12-23(13-15-25)29-35(32,33)26-11-7-10-22(18-26)27(31)28-24-16-17-30(19-24)20(2)21-8-5-4-6-9-21/h4-15,18,20,24,29H,3,16-17,19H2,1-2H3,(H,28,31). The maximum Gasteiger partial charge on any atom is 0.261 e. The molecular formula is C27H31N3O4S. The normalized spacial score (nSPS) is 17.0. The number of carbonyl (C=O) groups is 1. The van der Waals surface area contributed by atoms with Crippen molar-refractivity contribution >= 4 is 21.6 Å². The summed E-state index contributed by atoms with van der Waals surface area (Å²) in [7, 11) is -3.85. The van der Waals surface area contributed by atoms with Crippen molar-refractivity contribution in [1.29, 1.82) is 0 Å². The van der Waals surface area contributed by atoms with Gasteiger partial charge in [0, 0.05) is 36.4 Å². The molecular weight excluding hydrogens is 462 g/mol. The second kappa shape index (κ2) is 10.9. The van der Waals surface area contributed by atoms with E-state index in [4.69, 9.17) is 4.74 Å². The number of anilines is 1. The van der Waals surface area contributed by atoms with Gasteiger partial charge in [-0.05, 0) is 68.3 Å². The Bertz CT molecular complexity index is 1250. The van der Waals surface area contributed by atoms with Gasteiger partial charge in [-0.2, -0.15) is 0 Å². The van der Waals surface area contributed by atoms with Crippen LogP contribution < -0.4 is 14.8 Å². The number of likely N-dealkylation sites (tertiary alicyclic amines) is 1. The summed E-state index contributed by atoms with van der Waals surface area (Å²) in [6.07, 6.45) is 0.847. The highest BCUT2D eigenvalue weighted by Gasteiger charge is 2.28. The van der Waals surface area contributed by atoms with Gasteiger partial charge in [0.25, 0.3) is 15.9 Å². The van der Waals surface area contributed by atoms with Crippen molar-refractivity contribution in [3.63, 3.8) is 0 Å². The molecule has 0 spiro atoms. The van der Waals surface area contributed by atoms with E-state index in [1.54, 1.807) is 36.4 Å². The lowest BCUT2D eigenvalue weighted by Gasteiger charge is -2.24. The molecule has 1 aliphatic heterocycles. The Morgan fingerprint density at radius 3 is 2.51 bits per heavy atom. The average molecular weight is 494 g/mol. The fourth-order valence-electron chi connectivity index (χ4n) is 4.27. The van der Waals surface area contributed by atoms with Gasteiger partial charge >= 0.3 is 0 Å². The van der Waals surface area contributed by atoms with Crippen LogP contribution in [0.25, 0.3) is 0 Å². The molecule has 184 valence electrons. The molecule has 35 heavy (non-hydrogen) atoms. The molecule has 0 aliphatic carbocycles. The lowest BCUT2D eigenvalue weighted by atomic mass is 10.1. The van der Waals surface area contributed by atoms with E-state index in [0.29, 0.717) is 23.6 Å². The Kier molecular flexibility index (Phi) is 7.73. The zero-order valence-corrected chi connectivity index (χ0v) is 20.8. The fourth-order valence-corrected chi connectivity index (χ4v) is 5.38. The average Bonchev–Trinajstić information content (AvgIpc) is 3.34. The number of carbonyl (C=O) groups excluding carboxylic acids is 1. The minimum atomic E-state index is -3.85. The van der Waals surface area contributed by atoms with Crippen LogP contribution >= 0.6 is 0 Å². The lowest BCUT2D eigenvalue weighted by Crippen LogP contribution is -2.37. The smallest absolute Gasteiger partial charge is 0.261 e. The van der Waals surface area contributed by atoms with E-state index in [-0.39, 0.29) is 22.9 Å². The first kappa shape index (κ1) is 24.8. The van der Waals surface area contributed by atoms with E-state index in [1.807, 2.05) is 25.1 Å². The third-order valence-electron chi connectivity index (χ3n) is 6.21. The molecule has 1 fully saturated rings. The maximum absolute atomic E-state index is 12.9. The van der Waals surface area contributed by atoms with E-state index in [9.17, 15) is 13.2 Å². The van der Waals surface area contributed by atoms with Gasteiger partial charge in [-0.15, -0.1) is 0 Å². The molecule has 2 N–H and O–H groups in total. The molecule has 3 aromatic carbocycles. The van der Waals surface area contributed by atoms with Crippen molar-refractivity contribution in [2.45, 2.75) is 37.2 Å². The van der Waals surface area contributed by atoms with Gasteiger partial charge < -0.3 is 10.1 Å². The topological polar surface area (TPSA) is 87.7 Å². The molecule has 7 nitrogen and oxygen atoms in total. The minimum absolute atomic E-state index is 0.0101. The Hall–Kier alpha value is -3.36. The van der Waals surface area contributed by atoms with Crippen molar-refractivity contribution in [1.82, 2.24) is 10.2 Å². The summed E-state index contributed by atoms with van der Waals surface area (Å²) in [6, 6.07) is 23.4. The molecule has 0 bridgehead atoms. The van der Waals surface area contributed by atoms with Gasteiger partial charge in [0.1, 0.15) is 5.75 Å². The summed E-state index contributed by atoms with van der Waals surface area (Å²) >= 11 is 0. The molecule has 4 rings (SSSR count). The first-order chi connectivity index (χ1) is 16.9. The van der Waals surface area contributed by atoms with Crippen LogP contribution in [0.4, 0.5) is 5.69 Å². The van der Waals surface area contributed by atoms with Gasteiger partial charge in [0.2, 0.25) is 0 Å². The molecule has 0 saturated carbocycles. The van der Waals surface area contributed by atoms with Crippen molar-refractivity contribution in [2.75, 3.05) is 24.4 Å². The largest absolute Gasteiger partial charge is 0.494 e. The summed E-state index contributed by atoms with van der Waals surface area (Å²) in [4.78, 5) is 15.3. The number of amides is 1. The second-order valence-corrected chi connectivity index (χ2v) is 10.3. The minimum Gasteiger partial charge on any atom is -0.494 e. The number of benzene rings is 3. The summed E-state index contributed by atoms with van der Waals surface area (Å²) < 4.78 is 33.8. The summed E-state index contributed by atoms with van der Waals surface area (Å²) in [5.74, 6) is 0.389. The SMILES string of the molecule is CCOc1ccc(NS(=O)(=O)c2cccc(C(=O)NC3CCN(C(C)c4ccccc4)C3)c2)cc1. The molecule has 0 aromatic heterocycles. The third-order valence-corrected chi connectivity index (χ3v) is 7.59. The molecule has 3 aromatic rings. The van der Waals surface area contributed by atoms with Crippen LogP contribution in [-0.4, -0.2) is 45.0 Å². The van der Waals surface area contributed by atoms with E-state index < -0.39 is 10.0 Å². The van der Waals surface area contributed by atoms with Crippen LogP contribution in [0.5, 0.6) is 5.75 Å². The number of rotatable bonds is 9. The molecule has 1 amide bonds. The van der Waals surface area contributed by atoms with Crippen molar-refractivity contribution < 1.29 is 17.9 Å². The Labute approximate surface area is 207 Å². The highest BCUT2D eigenvalue weighted by Crippen LogP contribution is 2.25. The number of nitrogens with one attached hydrogen (secondary N) is 2. The van der Waals surface area contributed by atoms with Crippen molar-refractivity contribution in [2.24, 2.45) is 0 Å². The van der Waals surface area contributed by atoms with Crippen molar-refractivity contribution in [3.05, 3.63) is 90.0 Å². The molecule has 1 saturated heterocycles. The Morgan fingerprint density at radius 1 is 1.06 bits per heavy atom. The Morgan fingerprint density at radius 2 is 1.80 bits per heavy atom. The molecule has 8 heteroatoms. The summed E-state index contributed by atoms with van der Waals surface area (Å²) in [5, 5.41) is 3.07. The quantitative estimate of drug-likeness (QED) is 0.460. The van der Waals surface area contributed by atoms with Gasteiger partial charge in [0.05, 0.1) is 11.5 Å².